The Labute approximate surface area is 151 Å². The molecule has 0 bridgehead atoms. The smallest absolute Gasteiger partial charge is 0.235 e. The van der Waals surface area contributed by atoms with Crippen LogP contribution in [-0.4, -0.2) is 46.4 Å². The quantitative estimate of drug-likeness (QED) is 0.738. The van der Waals surface area contributed by atoms with Crippen LogP contribution in [-0.2, 0) is 11.3 Å². The van der Waals surface area contributed by atoms with Gasteiger partial charge in [0.15, 0.2) is 4.34 Å². The lowest BCUT2D eigenvalue weighted by Gasteiger charge is -2.20. The minimum absolute atomic E-state index is 0.113. The van der Waals surface area contributed by atoms with Crippen molar-refractivity contribution in [3.63, 3.8) is 0 Å². The zero-order valence-corrected chi connectivity index (χ0v) is 15.6. The third-order valence-electron chi connectivity index (χ3n) is 4.04. The van der Waals surface area contributed by atoms with Crippen molar-refractivity contribution >= 4 is 34.1 Å². The summed E-state index contributed by atoms with van der Waals surface area (Å²) in [6.07, 6.45) is 2.45. The Morgan fingerprint density at radius 2 is 2.00 bits per heavy atom. The van der Waals surface area contributed by atoms with Crippen molar-refractivity contribution in [2.75, 3.05) is 25.0 Å². The van der Waals surface area contributed by atoms with Crippen LogP contribution in [0, 0.1) is 0 Å². The number of rotatable bonds is 6. The molecule has 0 saturated carbocycles. The Kier molecular flexibility index (Phi) is 5.73. The van der Waals surface area contributed by atoms with Crippen molar-refractivity contribution in [3.8, 4) is 0 Å². The molecule has 1 unspecified atom stereocenters. The highest BCUT2D eigenvalue weighted by Crippen LogP contribution is 2.32. The molecule has 1 fully saturated rings. The van der Waals surface area contributed by atoms with E-state index < -0.39 is 0 Å². The number of thioether (sulfide) groups is 1. The molecule has 1 saturated heterocycles. The molecule has 5 nitrogen and oxygen atoms in total. The summed E-state index contributed by atoms with van der Waals surface area (Å²) in [6, 6.07) is 10.0. The third-order valence-corrected chi connectivity index (χ3v) is 6.19. The molecule has 3 rings (SSSR count). The number of carbonyl (C=O) groups is 1. The Balaban J connectivity index is 1.55. The number of benzene rings is 1. The fraction of sp³-hybridized carbons (Fsp3) is 0.471. The molecule has 1 aromatic carbocycles. The van der Waals surface area contributed by atoms with Gasteiger partial charge in [-0.05, 0) is 25.3 Å². The molecule has 7 heteroatoms. The molecule has 2 aromatic rings. The van der Waals surface area contributed by atoms with Crippen molar-refractivity contribution in [2.24, 2.45) is 0 Å². The van der Waals surface area contributed by atoms with E-state index in [1.807, 2.05) is 44.3 Å². The van der Waals surface area contributed by atoms with E-state index in [4.69, 9.17) is 0 Å². The van der Waals surface area contributed by atoms with Crippen LogP contribution in [0.4, 0.5) is 5.13 Å². The number of hydrogen-bond donors (Lipinski definition) is 0. The van der Waals surface area contributed by atoms with Crippen LogP contribution in [0.1, 0.15) is 25.3 Å². The van der Waals surface area contributed by atoms with Crippen molar-refractivity contribution in [1.29, 1.82) is 0 Å². The van der Waals surface area contributed by atoms with Crippen molar-refractivity contribution in [3.05, 3.63) is 35.9 Å². The first-order chi connectivity index (χ1) is 11.6. The average molecular weight is 363 g/mol. The highest BCUT2D eigenvalue weighted by Gasteiger charge is 2.22. The molecule has 2 heterocycles. The molecule has 0 N–H and O–H groups in total. The molecule has 0 spiro atoms. The summed E-state index contributed by atoms with van der Waals surface area (Å²) in [6.45, 7) is 4.69. The lowest BCUT2D eigenvalue weighted by molar-refractivity contribution is -0.129. The molecule has 1 aliphatic rings. The van der Waals surface area contributed by atoms with E-state index in [0.717, 1.165) is 28.1 Å². The van der Waals surface area contributed by atoms with Crippen LogP contribution in [0.5, 0.6) is 0 Å². The Morgan fingerprint density at radius 1 is 1.29 bits per heavy atom. The lowest BCUT2D eigenvalue weighted by atomic mass is 10.2. The molecule has 1 atom stereocenters. The lowest BCUT2D eigenvalue weighted by Crippen LogP contribution is -2.32. The van der Waals surface area contributed by atoms with Crippen molar-refractivity contribution < 1.29 is 4.79 Å². The summed E-state index contributed by atoms with van der Waals surface area (Å²) in [5.41, 5.74) is 1.14. The van der Waals surface area contributed by atoms with Gasteiger partial charge >= 0.3 is 0 Å². The van der Waals surface area contributed by atoms with Gasteiger partial charge < -0.3 is 9.80 Å². The summed E-state index contributed by atoms with van der Waals surface area (Å²) in [5, 5.41) is 9.33. The number of amides is 1. The Hall–Kier alpha value is -1.60. The number of nitrogens with zero attached hydrogens (tertiary/aromatic N) is 4. The predicted molar refractivity (Wildman–Crippen MR) is 99.6 cm³/mol. The van der Waals surface area contributed by atoms with E-state index in [0.29, 0.717) is 6.54 Å². The van der Waals surface area contributed by atoms with Crippen molar-refractivity contribution in [1.82, 2.24) is 15.1 Å². The van der Waals surface area contributed by atoms with Crippen LogP contribution in [0.15, 0.2) is 34.7 Å². The Bertz CT molecular complexity index is 670. The van der Waals surface area contributed by atoms with Gasteiger partial charge in [-0.1, -0.05) is 53.4 Å². The number of anilines is 1. The highest BCUT2D eigenvalue weighted by molar-refractivity contribution is 8.02. The van der Waals surface area contributed by atoms with Gasteiger partial charge in [-0.2, -0.15) is 0 Å². The minimum atomic E-state index is -0.168. The molecule has 128 valence electrons. The van der Waals surface area contributed by atoms with Crippen LogP contribution in [0.2, 0.25) is 0 Å². The molecule has 1 amide bonds. The molecule has 1 aromatic heterocycles. The van der Waals surface area contributed by atoms with Gasteiger partial charge in [-0.3, -0.25) is 4.79 Å². The van der Waals surface area contributed by atoms with Crippen LogP contribution in [0.3, 0.4) is 0 Å². The van der Waals surface area contributed by atoms with Gasteiger partial charge in [-0.25, -0.2) is 0 Å². The number of aromatic nitrogens is 2. The summed E-state index contributed by atoms with van der Waals surface area (Å²) >= 11 is 3.08. The van der Waals surface area contributed by atoms with Gasteiger partial charge in [0.25, 0.3) is 0 Å². The fourth-order valence-electron chi connectivity index (χ4n) is 2.73. The highest BCUT2D eigenvalue weighted by atomic mass is 32.2. The second-order valence-corrected chi connectivity index (χ2v) is 8.53. The maximum absolute atomic E-state index is 12.6. The largest absolute Gasteiger partial charge is 0.347 e. The summed E-state index contributed by atoms with van der Waals surface area (Å²) in [4.78, 5) is 16.6. The monoisotopic (exact) mass is 362 g/mol. The number of carbonyl (C=O) groups excluding carboxylic acids is 1. The normalized spacial score (nSPS) is 15.5. The maximum atomic E-state index is 12.6. The fourth-order valence-corrected chi connectivity index (χ4v) is 4.88. The minimum Gasteiger partial charge on any atom is -0.347 e. The van der Waals surface area contributed by atoms with E-state index >= 15 is 0 Å². The summed E-state index contributed by atoms with van der Waals surface area (Å²) in [7, 11) is 1.85. The predicted octanol–water partition coefficient (Wildman–Crippen LogP) is 3.28. The SMILES string of the molecule is CC(Sc1nnc(N2CCCC2)s1)C(=O)N(C)Cc1ccccc1. The Morgan fingerprint density at radius 3 is 2.71 bits per heavy atom. The van der Waals surface area contributed by atoms with Crippen LogP contribution in [0.25, 0.3) is 0 Å². The molecule has 24 heavy (non-hydrogen) atoms. The van der Waals surface area contributed by atoms with Gasteiger partial charge in [0.05, 0.1) is 5.25 Å². The molecule has 0 radical (unpaired) electrons. The zero-order chi connectivity index (χ0) is 16.9. The maximum Gasteiger partial charge on any atom is 0.235 e. The van der Waals surface area contributed by atoms with E-state index in [1.165, 1.54) is 24.6 Å². The summed E-state index contributed by atoms with van der Waals surface area (Å²) in [5.74, 6) is 0.113. The first kappa shape index (κ1) is 17.2. The van der Waals surface area contributed by atoms with Gasteiger partial charge in [0.1, 0.15) is 0 Å². The topological polar surface area (TPSA) is 49.3 Å². The third kappa shape index (κ3) is 4.27. The van der Waals surface area contributed by atoms with Crippen LogP contribution < -0.4 is 4.90 Å². The summed E-state index contributed by atoms with van der Waals surface area (Å²) < 4.78 is 0.867. The molecular weight excluding hydrogens is 340 g/mol. The first-order valence-electron chi connectivity index (χ1n) is 8.17. The standard InChI is InChI=1S/C17H22N4OS2/c1-13(15(22)20(2)12-14-8-4-3-5-9-14)23-17-19-18-16(24-17)21-10-6-7-11-21/h3-5,8-9,13H,6-7,10-12H2,1-2H3. The van der Waals surface area contributed by atoms with E-state index in [1.54, 1.807) is 16.2 Å². The first-order valence-corrected chi connectivity index (χ1v) is 9.87. The second kappa shape index (κ2) is 7.98. The van der Waals surface area contributed by atoms with Gasteiger partial charge in [-0.15, -0.1) is 10.2 Å². The van der Waals surface area contributed by atoms with E-state index in [-0.39, 0.29) is 11.2 Å². The molecular formula is C17H22N4OS2. The van der Waals surface area contributed by atoms with Crippen LogP contribution >= 0.6 is 23.1 Å². The average Bonchev–Trinajstić information content (AvgIpc) is 3.26. The molecule has 0 aliphatic carbocycles. The second-order valence-electron chi connectivity index (χ2n) is 5.98. The van der Waals surface area contributed by atoms with Gasteiger partial charge in [0.2, 0.25) is 11.0 Å². The van der Waals surface area contributed by atoms with E-state index in [2.05, 4.69) is 15.1 Å². The molecule has 1 aliphatic heterocycles. The number of hydrogen-bond acceptors (Lipinski definition) is 6. The zero-order valence-electron chi connectivity index (χ0n) is 14.0. The van der Waals surface area contributed by atoms with Gasteiger partial charge in [0, 0.05) is 26.7 Å². The van der Waals surface area contributed by atoms with Crippen molar-refractivity contribution in [2.45, 2.75) is 35.9 Å². The van der Waals surface area contributed by atoms with E-state index in [9.17, 15) is 4.79 Å².